The molecule has 0 aromatic rings. The second kappa shape index (κ2) is 7.03. The quantitative estimate of drug-likeness (QED) is 0.448. The van der Waals surface area contributed by atoms with E-state index >= 15 is 0 Å². The van der Waals surface area contributed by atoms with Gasteiger partial charge in [0, 0.05) is 37.0 Å². The summed E-state index contributed by atoms with van der Waals surface area (Å²) in [7, 11) is 0. The molecule has 3 N–H and O–H groups in total. The predicted molar refractivity (Wildman–Crippen MR) is 112 cm³/mol. The zero-order valence-corrected chi connectivity index (χ0v) is 19.1. The van der Waals surface area contributed by atoms with Crippen molar-refractivity contribution in [1.29, 1.82) is 0 Å². The molecule has 2 bridgehead atoms. The Morgan fingerprint density at radius 1 is 0.968 bits per heavy atom. The Kier molecular flexibility index (Phi) is 5.16. The van der Waals surface area contributed by atoms with Gasteiger partial charge < -0.3 is 24.8 Å². The van der Waals surface area contributed by atoms with Crippen LogP contribution in [0.2, 0.25) is 0 Å². The molecule has 0 aromatic carbocycles. The van der Waals surface area contributed by atoms with Crippen molar-refractivity contribution in [2.45, 2.75) is 90.8 Å². The number of aliphatic hydroxyl groups is 3. The van der Waals surface area contributed by atoms with Crippen LogP contribution in [0.25, 0.3) is 0 Å². The first-order chi connectivity index (χ1) is 14.3. The minimum Gasteiger partial charge on any atom is -0.462 e. The first-order valence-electron chi connectivity index (χ1n) is 11.3. The van der Waals surface area contributed by atoms with Crippen LogP contribution in [0.4, 0.5) is 0 Å². The molecule has 174 valence electrons. The number of hydrogen-bond acceptors (Lipinski definition) is 7. The number of esters is 2. The lowest BCUT2D eigenvalue weighted by Gasteiger charge is -2.68. The lowest BCUT2D eigenvalue weighted by atomic mass is 9.38. The standard InChI is InChI=1S/C24H36O7/c1-11-14-7-15(30-12(2)25)20-23(6)16(8-18(28)24(20,10-14)21(11)29)22(4,5)17(27)9-19(23)31-13(3)26/h14-21,27-29H,1,7-10H2,2-6H3. The van der Waals surface area contributed by atoms with Crippen LogP contribution in [-0.4, -0.2) is 57.8 Å². The molecule has 4 saturated carbocycles. The fraction of sp³-hybridized carbons (Fsp3) is 0.833. The first kappa shape index (κ1) is 22.7. The number of aliphatic hydroxyl groups excluding tert-OH is 3. The highest BCUT2D eigenvalue weighted by atomic mass is 16.6. The highest BCUT2D eigenvalue weighted by Gasteiger charge is 2.75. The van der Waals surface area contributed by atoms with E-state index in [1.165, 1.54) is 13.8 Å². The zero-order valence-electron chi connectivity index (χ0n) is 19.1. The first-order valence-corrected chi connectivity index (χ1v) is 11.3. The number of hydrogen-bond donors (Lipinski definition) is 3. The van der Waals surface area contributed by atoms with Crippen LogP contribution in [0.5, 0.6) is 0 Å². The number of rotatable bonds is 2. The molecule has 0 radical (unpaired) electrons. The van der Waals surface area contributed by atoms with Crippen LogP contribution in [0, 0.1) is 34.0 Å². The van der Waals surface area contributed by atoms with E-state index < -0.39 is 64.6 Å². The molecule has 7 heteroatoms. The van der Waals surface area contributed by atoms with Gasteiger partial charge in [0.2, 0.25) is 0 Å². The van der Waals surface area contributed by atoms with Crippen molar-refractivity contribution in [1.82, 2.24) is 0 Å². The molecule has 0 saturated heterocycles. The number of ether oxygens (including phenoxy) is 2. The van der Waals surface area contributed by atoms with Gasteiger partial charge in [0.25, 0.3) is 0 Å². The summed E-state index contributed by atoms with van der Waals surface area (Å²) < 4.78 is 11.6. The van der Waals surface area contributed by atoms with E-state index in [2.05, 4.69) is 6.58 Å². The van der Waals surface area contributed by atoms with Crippen LogP contribution in [0.3, 0.4) is 0 Å². The van der Waals surface area contributed by atoms with Crippen molar-refractivity contribution in [2.24, 2.45) is 34.0 Å². The molecule has 4 fully saturated rings. The third kappa shape index (κ3) is 2.89. The summed E-state index contributed by atoms with van der Waals surface area (Å²) in [6.07, 6.45) is -1.96. The monoisotopic (exact) mass is 436 g/mol. The van der Waals surface area contributed by atoms with Gasteiger partial charge in [-0.3, -0.25) is 9.59 Å². The third-order valence-electron chi connectivity index (χ3n) is 9.47. The van der Waals surface area contributed by atoms with Gasteiger partial charge in [0.1, 0.15) is 12.2 Å². The van der Waals surface area contributed by atoms with E-state index in [1.807, 2.05) is 20.8 Å². The summed E-state index contributed by atoms with van der Waals surface area (Å²) in [5, 5.41) is 33.9. The summed E-state index contributed by atoms with van der Waals surface area (Å²) in [5.74, 6) is -1.56. The molecular formula is C24H36O7. The Bertz CT molecular complexity index is 806. The van der Waals surface area contributed by atoms with Crippen LogP contribution >= 0.6 is 0 Å². The van der Waals surface area contributed by atoms with E-state index in [0.29, 0.717) is 24.8 Å². The summed E-state index contributed by atoms with van der Waals surface area (Å²) in [5.41, 5.74) is -1.53. The average Bonchev–Trinajstić information content (AvgIpc) is 2.84. The van der Waals surface area contributed by atoms with E-state index in [-0.39, 0.29) is 18.3 Å². The van der Waals surface area contributed by atoms with Crippen LogP contribution < -0.4 is 0 Å². The number of fused-ring (bicyclic) bond motifs is 3. The van der Waals surface area contributed by atoms with E-state index in [9.17, 15) is 24.9 Å². The highest BCUT2D eigenvalue weighted by Crippen LogP contribution is 2.72. The fourth-order valence-corrected chi connectivity index (χ4v) is 8.18. The third-order valence-corrected chi connectivity index (χ3v) is 9.47. The molecule has 10 unspecified atom stereocenters. The van der Waals surface area contributed by atoms with Crippen molar-refractivity contribution in [3.63, 3.8) is 0 Å². The topological polar surface area (TPSA) is 113 Å². The van der Waals surface area contributed by atoms with Crippen molar-refractivity contribution in [3.8, 4) is 0 Å². The molecule has 0 amide bonds. The van der Waals surface area contributed by atoms with Gasteiger partial charge in [-0.25, -0.2) is 0 Å². The SMILES string of the molecule is C=C1C2CC(OC(C)=O)C3C4(C)C(OC(C)=O)CC(O)C(C)(C)C4CC(O)C3(C2)C1O. The lowest BCUT2D eigenvalue weighted by Crippen LogP contribution is -2.72. The Morgan fingerprint density at radius 2 is 1.58 bits per heavy atom. The largest absolute Gasteiger partial charge is 0.462 e. The lowest BCUT2D eigenvalue weighted by molar-refractivity contribution is -0.291. The van der Waals surface area contributed by atoms with E-state index in [1.54, 1.807) is 0 Å². The van der Waals surface area contributed by atoms with Gasteiger partial charge in [0.05, 0.1) is 18.3 Å². The second-order valence-electron chi connectivity index (χ2n) is 11.2. The molecule has 10 atom stereocenters. The molecule has 31 heavy (non-hydrogen) atoms. The normalized spacial score (nSPS) is 50.3. The predicted octanol–water partition coefficient (Wildman–Crippen LogP) is 1.97. The molecule has 4 rings (SSSR count). The molecule has 4 aliphatic carbocycles. The smallest absolute Gasteiger partial charge is 0.302 e. The van der Waals surface area contributed by atoms with Gasteiger partial charge in [-0.1, -0.05) is 27.4 Å². The Balaban J connectivity index is 1.93. The summed E-state index contributed by atoms with van der Waals surface area (Å²) in [6.45, 7) is 12.8. The van der Waals surface area contributed by atoms with Gasteiger partial charge in [-0.05, 0) is 42.1 Å². The van der Waals surface area contributed by atoms with Crippen molar-refractivity contribution in [3.05, 3.63) is 12.2 Å². The second-order valence-corrected chi connectivity index (χ2v) is 11.2. The Hall–Kier alpha value is -1.44. The zero-order chi connectivity index (χ0) is 23.1. The van der Waals surface area contributed by atoms with Crippen LogP contribution in [-0.2, 0) is 19.1 Å². The minimum atomic E-state index is -0.928. The van der Waals surface area contributed by atoms with Gasteiger partial charge in [0.15, 0.2) is 0 Å². The molecule has 0 heterocycles. The van der Waals surface area contributed by atoms with Gasteiger partial charge in [-0.15, -0.1) is 0 Å². The van der Waals surface area contributed by atoms with Crippen molar-refractivity contribution < 1.29 is 34.4 Å². The maximum atomic E-state index is 12.1. The van der Waals surface area contributed by atoms with Gasteiger partial charge >= 0.3 is 11.9 Å². The number of carbonyl (C=O) groups excluding carboxylic acids is 2. The number of carbonyl (C=O) groups is 2. The van der Waals surface area contributed by atoms with Crippen molar-refractivity contribution >= 4 is 11.9 Å². The summed E-state index contributed by atoms with van der Waals surface area (Å²) in [6, 6.07) is 0. The summed E-state index contributed by atoms with van der Waals surface area (Å²) >= 11 is 0. The maximum absolute atomic E-state index is 12.1. The highest BCUT2D eigenvalue weighted by molar-refractivity contribution is 5.67. The molecule has 0 aliphatic heterocycles. The van der Waals surface area contributed by atoms with Crippen LogP contribution in [0.15, 0.2) is 12.2 Å². The maximum Gasteiger partial charge on any atom is 0.302 e. The molecular weight excluding hydrogens is 400 g/mol. The Morgan fingerprint density at radius 3 is 2.16 bits per heavy atom. The average molecular weight is 437 g/mol. The summed E-state index contributed by atoms with van der Waals surface area (Å²) in [4.78, 5) is 24.1. The minimum absolute atomic E-state index is 0.0419. The molecule has 1 spiro atoms. The van der Waals surface area contributed by atoms with Gasteiger partial charge in [-0.2, -0.15) is 0 Å². The van der Waals surface area contributed by atoms with Crippen LogP contribution in [0.1, 0.15) is 60.3 Å². The molecule has 4 aliphatic rings. The Labute approximate surface area is 183 Å². The van der Waals surface area contributed by atoms with Crippen molar-refractivity contribution in [2.75, 3.05) is 0 Å². The van der Waals surface area contributed by atoms with E-state index in [4.69, 9.17) is 9.47 Å². The molecule has 0 aromatic heterocycles. The molecule has 7 nitrogen and oxygen atoms in total. The van der Waals surface area contributed by atoms with E-state index in [0.717, 1.165) is 0 Å². The fourth-order valence-electron chi connectivity index (χ4n) is 8.18.